The summed E-state index contributed by atoms with van der Waals surface area (Å²) in [5.74, 6) is -0.965. The number of urea groups is 1. The fourth-order valence-corrected chi connectivity index (χ4v) is 2.59. The number of benzene rings is 1. The molecule has 2 rings (SSSR count). The van der Waals surface area contributed by atoms with Gasteiger partial charge in [0.05, 0.1) is 0 Å². The summed E-state index contributed by atoms with van der Waals surface area (Å²) in [6, 6.07) is 8.96. The minimum atomic E-state index is -1.14. The Morgan fingerprint density at radius 2 is 1.55 bits per heavy atom. The van der Waals surface area contributed by atoms with Crippen molar-refractivity contribution in [1.29, 1.82) is 0 Å². The molecule has 1 aliphatic rings. The number of rotatable bonds is 5. The van der Waals surface area contributed by atoms with Crippen LogP contribution in [-0.2, 0) is 16.0 Å². The highest BCUT2D eigenvalue weighted by Gasteiger charge is 2.48. The number of amides is 4. The molecule has 106 valence electrons. The van der Waals surface area contributed by atoms with Crippen molar-refractivity contribution in [2.24, 2.45) is 5.41 Å². The number of aryl methyl sites for hydroxylation is 1. The smallest absolute Gasteiger partial charge is 0.277 e. The van der Waals surface area contributed by atoms with Crippen LogP contribution in [0, 0.1) is 5.41 Å². The predicted molar refractivity (Wildman–Crippen MR) is 73.8 cm³/mol. The van der Waals surface area contributed by atoms with Gasteiger partial charge in [0.15, 0.2) is 0 Å². The Morgan fingerprint density at radius 3 is 2.10 bits per heavy atom. The summed E-state index contributed by atoms with van der Waals surface area (Å²) < 4.78 is 0. The van der Waals surface area contributed by atoms with Crippen molar-refractivity contribution < 1.29 is 14.4 Å². The molecule has 0 radical (unpaired) electrons. The molecule has 0 aliphatic carbocycles. The van der Waals surface area contributed by atoms with E-state index in [1.807, 2.05) is 37.3 Å². The third kappa shape index (κ3) is 2.71. The van der Waals surface area contributed by atoms with E-state index in [0.29, 0.717) is 25.7 Å². The normalized spacial score (nSPS) is 17.6. The van der Waals surface area contributed by atoms with Crippen LogP contribution in [0.1, 0.15) is 31.7 Å². The van der Waals surface area contributed by atoms with Gasteiger partial charge in [0.25, 0.3) is 0 Å². The molecule has 5 heteroatoms. The van der Waals surface area contributed by atoms with E-state index in [4.69, 9.17) is 0 Å². The van der Waals surface area contributed by atoms with Gasteiger partial charge in [-0.05, 0) is 24.8 Å². The second kappa shape index (κ2) is 5.86. The van der Waals surface area contributed by atoms with Gasteiger partial charge in [0, 0.05) is 0 Å². The van der Waals surface area contributed by atoms with Gasteiger partial charge < -0.3 is 0 Å². The topological polar surface area (TPSA) is 75.3 Å². The van der Waals surface area contributed by atoms with Crippen molar-refractivity contribution in [2.75, 3.05) is 0 Å². The van der Waals surface area contributed by atoms with Crippen LogP contribution in [0.15, 0.2) is 30.3 Å². The van der Waals surface area contributed by atoms with Crippen LogP contribution in [0.4, 0.5) is 4.79 Å². The first kappa shape index (κ1) is 14.2. The molecule has 20 heavy (non-hydrogen) atoms. The van der Waals surface area contributed by atoms with E-state index < -0.39 is 23.3 Å². The lowest BCUT2D eigenvalue weighted by atomic mass is 9.75. The maximum atomic E-state index is 12.2. The zero-order chi connectivity index (χ0) is 14.6. The van der Waals surface area contributed by atoms with Crippen LogP contribution < -0.4 is 10.6 Å². The molecule has 1 aromatic carbocycles. The molecular weight excluding hydrogens is 256 g/mol. The second-order valence-corrected chi connectivity index (χ2v) is 5.06. The molecule has 1 saturated heterocycles. The van der Waals surface area contributed by atoms with Crippen molar-refractivity contribution in [3.8, 4) is 0 Å². The standard InChI is InChI=1S/C15H18N2O3/c1-2-9-15(10-8-11-6-4-3-5-7-11)12(18)16-14(20)17-13(15)19/h3-7H,2,8-10H2,1H3,(H2,16,17,18,19,20). The summed E-state index contributed by atoms with van der Waals surface area (Å²) in [5.41, 5.74) is -0.0705. The van der Waals surface area contributed by atoms with E-state index in [-0.39, 0.29) is 0 Å². The maximum absolute atomic E-state index is 12.2. The number of hydrogen-bond acceptors (Lipinski definition) is 3. The van der Waals surface area contributed by atoms with Crippen molar-refractivity contribution in [1.82, 2.24) is 10.6 Å². The Hall–Kier alpha value is -2.17. The summed E-state index contributed by atoms with van der Waals surface area (Å²) in [6.45, 7) is 1.92. The van der Waals surface area contributed by atoms with Crippen molar-refractivity contribution >= 4 is 17.8 Å². The Kier molecular flexibility index (Phi) is 4.17. The third-order valence-electron chi connectivity index (χ3n) is 3.68. The highest BCUT2D eigenvalue weighted by molar-refractivity contribution is 6.19. The molecule has 1 aromatic rings. The number of carbonyl (C=O) groups is 3. The fourth-order valence-electron chi connectivity index (χ4n) is 2.59. The van der Waals surface area contributed by atoms with Gasteiger partial charge in [0.1, 0.15) is 5.41 Å². The number of hydrogen-bond donors (Lipinski definition) is 2. The largest absolute Gasteiger partial charge is 0.328 e. The van der Waals surface area contributed by atoms with Crippen LogP contribution in [-0.4, -0.2) is 17.8 Å². The molecule has 0 atom stereocenters. The summed E-state index contributed by atoms with van der Waals surface area (Å²) >= 11 is 0. The van der Waals surface area contributed by atoms with E-state index in [0.717, 1.165) is 5.56 Å². The zero-order valence-corrected chi connectivity index (χ0v) is 11.4. The average Bonchev–Trinajstić information content (AvgIpc) is 2.43. The molecular formula is C15H18N2O3. The molecule has 2 N–H and O–H groups in total. The summed E-state index contributed by atoms with van der Waals surface area (Å²) in [6.07, 6.45) is 2.15. The Labute approximate surface area is 117 Å². The SMILES string of the molecule is CCCC1(CCc2ccccc2)C(=O)NC(=O)NC1=O. The van der Waals surface area contributed by atoms with E-state index in [1.54, 1.807) is 0 Å². The molecule has 4 amide bonds. The summed E-state index contributed by atoms with van der Waals surface area (Å²) in [4.78, 5) is 35.5. The van der Waals surface area contributed by atoms with Crippen LogP contribution in [0.3, 0.4) is 0 Å². The van der Waals surface area contributed by atoms with Crippen LogP contribution >= 0.6 is 0 Å². The summed E-state index contributed by atoms with van der Waals surface area (Å²) in [5, 5.41) is 4.42. The number of nitrogens with one attached hydrogen (secondary N) is 2. The molecule has 0 saturated carbocycles. The van der Waals surface area contributed by atoms with Gasteiger partial charge in [-0.2, -0.15) is 0 Å². The molecule has 5 nitrogen and oxygen atoms in total. The van der Waals surface area contributed by atoms with E-state index in [1.165, 1.54) is 0 Å². The lowest BCUT2D eigenvalue weighted by Crippen LogP contribution is -2.62. The molecule has 0 bridgehead atoms. The molecule has 0 unspecified atom stereocenters. The van der Waals surface area contributed by atoms with Gasteiger partial charge in [0.2, 0.25) is 11.8 Å². The molecule has 0 aromatic heterocycles. The van der Waals surface area contributed by atoms with Crippen LogP contribution in [0.25, 0.3) is 0 Å². The lowest BCUT2D eigenvalue weighted by molar-refractivity contribution is -0.145. The molecule has 1 heterocycles. The molecule has 1 fully saturated rings. The Bertz CT molecular complexity index is 505. The van der Waals surface area contributed by atoms with Gasteiger partial charge in [-0.15, -0.1) is 0 Å². The number of barbiturate groups is 1. The predicted octanol–water partition coefficient (Wildman–Crippen LogP) is 1.77. The molecule has 1 aliphatic heterocycles. The van der Waals surface area contributed by atoms with Gasteiger partial charge in [-0.1, -0.05) is 43.7 Å². The third-order valence-corrected chi connectivity index (χ3v) is 3.68. The first-order chi connectivity index (χ1) is 9.58. The maximum Gasteiger partial charge on any atom is 0.328 e. The minimum Gasteiger partial charge on any atom is -0.277 e. The van der Waals surface area contributed by atoms with Gasteiger partial charge in [-0.25, -0.2) is 4.79 Å². The first-order valence-electron chi connectivity index (χ1n) is 6.79. The number of imide groups is 2. The van der Waals surface area contributed by atoms with Crippen molar-refractivity contribution in [3.63, 3.8) is 0 Å². The highest BCUT2D eigenvalue weighted by atomic mass is 16.2. The number of carbonyl (C=O) groups excluding carboxylic acids is 3. The van der Waals surface area contributed by atoms with Gasteiger partial charge in [-0.3, -0.25) is 20.2 Å². The van der Waals surface area contributed by atoms with E-state index in [9.17, 15) is 14.4 Å². The van der Waals surface area contributed by atoms with E-state index in [2.05, 4.69) is 10.6 Å². The highest BCUT2D eigenvalue weighted by Crippen LogP contribution is 2.32. The van der Waals surface area contributed by atoms with Crippen molar-refractivity contribution in [3.05, 3.63) is 35.9 Å². The van der Waals surface area contributed by atoms with Crippen molar-refractivity contribution in [2.45, 2.75) is 32.6 Å². The second-order valence-electron chi connectivity index (χ2n) is 5.06. The average molecular weight is 274 g/mol. The molecule has 0 spiro atoms. The Morgan fingerprint density at radius 1 is 0.950 bits per heavy atom. The monoisotopic (exact) mass is 274 g/mol. The minimum absolute atomic E-state index is 0.399. The van der Waals surface area contributed by atoms with Crippen LogP contribution in [0.5, 0.6) is 0 Å². The van der Waals surface area contributed by atoms with E-state index >= 15 is 0 Å². The van der Waals surface area contributed by atoms with Gasteiger partial charge >= 0.3 is 6.03 Å². The summed E-state index contributed by atoms with van der Waals surface area (Å²) in [7, 11) is 0. The lowest BCUT2D eigenvalue weighted by Gasteiger charge is -2.33. The fraction of sp³-hybridized carbons (Fsp3) is 0.400. The first-order valence-corrected chi connectivity index (χ1v) is 6.79. The quantitative estimate of drug-likeness (QED) is 0.803. The zero-order valence-electron chi connectivity index (χ0n) is 11.4. The Balaban J connectivity index is 2.18. The van der Waals surface area contributed by atoms with Crippen LogP contribution in [0.2, 0.25) is 0 Å².